The first-order chi connectivity index (χ1) is 15.9. The maximum absolute atomic E-state index is 13.5. The predicted molar refractivity (Wildman–Crippen MR) is 135 cm³/mol. The molecular formula is C28H30O6. The summed E-state index contributed by atoms with van der Waals surface area (Å²) in [5, 5.41) is 31.6. The summed E-state index contributed by atoms with van der Waals surface area (Å²) in [6, 6.07) is 2.59. The lowest BCUT2D eigenvalue weighted by Crippen LogP contribution is -2.28. The molecule has 178 valence electrons. The molecule has 0 fully saturated rings. The first-order valence-electron chi connectivity index (χ1n) is 11.3. The maximum atomic E-state index is 13.5. The molecule has 0 saturated heterocycles. The van der Waals surface area contributed by atoms with Crippen molar-refractivity contribution in [2.45, 2.75) is 53.1 Å². The second-order valence-electron chi connectivity index (χ2n) is 9.82. The Morgan fingerprint density at radius 2 is 1.82 bits per heavy atom. The van der Waals surface area contributed by atoms with Gasteiger partial charge in [0.25, 0.3) is 0 Å². The summed E-state index contributed by atoms with van der Waals surface area (Å²) in [5.74, 6) is -0.713. The molecule has 0 saturated carbocycles. The smallest absolute Gasteiger partial charge is 0.204 e. The molecule has 0 spiro atoms. The van der Waals surface area contributed by atoms with E-state index in [9.17, 15) is 20.1 Å². The van der Waals surface area contributed by atoms with Gasteiger partial charge in [0, 0.05) is 5.56 Å². The van der Waals surface area contributed by atoms with Gasteiger partial charge in [-0.15, -0.1) is 0 Å². The summed E-state index contributed by atoms with van der Waals surface area (Å²) in [7, 11) is 0. The minimum absolute atomic E-state index is 0.0157. The number of phenolic OH excluding ortho intramolecular Hbond substituents is 3. The number of rotatable bonds is 5. The molecule has 1 aromatic heterocycles. The number of hydrogen-bond acceptors (Lipinski definition) is 6. The van der Waals surface area contributed by atoms with E-state index >= 15 is 0 Å². The van der Waals surface area contributed by atoms with Crippen LogP contribution >= 0.6 is 0 Å². The Balaban J connectivity index is 2.11. The molecule has 0 aliphatic carbocycles. The third-order valence-electron chi connectivity index (χ3n) is 6.27. The lowest BCUT2D eigenvalue weighted by Gasteiger charge is -2.31. The zero-order valence-electron chi connectivity index (χ0n) is 20.2. The fourth-order valence-electron chi connectivity index (χ4n) is 4.29. The molecule has 34 heavy (non-hydrogen) atoms. The van der Waals surface area contributed by atoms with Crippen molar-refractivity contribution in [1.29, 1.82) is 0 Å². The third kappa shape index (κ3) is 3.94. The van der Waals surface area contributed by atoms with Crippen LogP contribution in [0, 0.1) is 5.92 Å². The maximum Gasteiger partial charge on any atom is 0.204 e. The van der Waals surface area contributed by atoms with Crippen LogP contribution in [-0.2, 0) is 6.42 Å². The van der Waals surface area contributed by atoms with Crippen molar-refractivity contribution in [1.82, 2.24) is 0 Å². The molecule has 3 N–H and O–H groups in total. The number of fused-ring (bicyclic) bond motifs is 3. The molecule has 1 unspecified atom stereocenters. The Labute approximate surface area is 198 Å². The van der Waals surface area contributed by atoms with E-state index < -0.39 is 22.5 Å². The van der Waals surface area contributed by atoms with Crippen LogP contribution in [0.25, 0.3) is 28.0 Å². The van der Waals surface area contributed by atoms with Crippen LogP contribution in [0.3, 0.4) is 0 Å². The van der Waals surface area contributed by atoms with Crippen LogP contribution in [0.4, 0.5) is 0 Å². The van der Waals surface area contributed by atoms with Crippen molar-refractivity contribution in [3.63, 3.8) is 0 Å². The van der Waals surface area contributed by atoms with Gasteiger partial charge in [0.1, 0.15) is 28.1 Å². The van der Waals surface area contributed by atoms with Crippen LogP contribution in [0.5, 0.6) is 23.0 Å². The SMILES string of the molecule is C=C(C)C(CC=C(C)C)Cc1c2c(c(O)c3c(=O)c4ccc(O)c(O)c4oc13)C=CC(C)(C)O2. The molecule has 1 atom stereocenters. The number of benzene rings is 2. The van der Waals surface area contributed by atoms with Gasteiger partial charge in [-0.05, 0) is 77.7 Å². The summed E-state index contributed by atoms with van der Waals surface area (Å²) in [6.07, 6.45) is 6.90. The summed E-state index contributed by atoms with van der Waals surface area (Å²) in [4.78, 5) is 13.5. The second-order valence-corrected chi connectivity index (χ2v) is 9.82. The summed E-state index contributed by atoms with van der Waals surface area (Å²) >= 11 is 0. The zero-order chi connectivity index (χ0) is 24.9. The lowest BCUT2D eigenvalue weighted by molar-refractivity contribution is 0.156. The minimum atomic E-state index is -0.641. The highest BCUT2D eigenvalue weighted by atomic mass is 16.5. The van der Waals surface area contributed by atoms with E-state index in [0.29, 0.717) is 23.3 Å². The highest BCUT2D eigenvalue weighted by molar-refractivity contribution is 6.00. The fourth-order valence-corrected chi connectivity index (χ4v) is 4.29. The lowest BCUT2D eigenvalue weighted by atomic mass is 9.86. The third-order valence-corrected chi connectivity index (χ3v) is 6.27. The largest absolute Gasteiger partial charge is 0.506 e. The molecule has 1 aliphatic rings. The van der Waals surface area contributed by atoms with Gasteiger partial charge in [0.15, 0.2) is 11.3 Å². The molecule has 3 aromatic rings. The van der Waals surface area contributed by atoms with Crippen LogP contribution in [-0.4, -0.2) is 20.9 Å². The van der Waals surface area contributed by atoms with Crippen molar-refractivity contribution in [3.8, 4) is 23.0 Å². The van der Waals surface area contributed by atoms with Gasteiger partial charge in [-0.25, -0.2) is 0 Å². The summed E-state index contributed by atoms with van der Waals surface area (Å²) in [5.41, 5.74) is 2.02. The Morgan fingerprint density at radius 1 is 1.12 bits per heavy atom. The van der Waals surface area contributed by atoms with Gasteiger partial charge in [-0.1, -0.05) is 23.8 Å². The van der Waals surface area contributed by atoms with E-state index in [0.717, 1.165) is 12.0 Å². The Bertz CT molecular complexity index is 1450. The van der Waals surface area contributed by atoms with Crippen molar-refractivity contribution < 1.29 is 24.5 Å². The van der Waals surface area contributed by atoms with Crippen molar-refractivity contribution in [3.05, 3.63) is 63.4 Å². The highest BCUT2D eigenvalue weighted by Crippen LogP contribution is 2.47. The summed E-state index contributed by atoms with van der Waals surface area (Å²) < 4.78 is 12.4. The van der Waals surface area contributed by atoms with E-state index in [4.69, 9.17) is 9.15 Å². The average Bonchev–Trinajstić information content (AvgIpc) is 2.74. The molecule has 0 bridgehead atoms. The average molecular weight is 463 g/mol. The zero-order valence-corrected chi connectivity index (χ0v) is 20.2. The van der Waals surface area contributed by atoms with E-state index in [-0.39, 0.29) is 33.6 Å². The monoisotopic (exact) mass is 462 g/mol. The normalized spacial score (nSPS) is 15.1. The highest BCUT2D eigenvalue weighted by Gasteiger charge is 2.32. The number of ether oxygens (including phenoxy) is 1. The first kappa shape index (κ1) is 23.5. The van der Waals surface area contributed by atoms with E-state index in [1.54, 1.807) is 6.08 Å². The minimum Gasteiger partial charge on any atom is -0.506 e. The number of phenols is 3. The summed E-state index contributed by atoms with van der Waals surface area (Å²) in [6.45, 7) is 14.0. The Hall–Kier alpha value is -3.67. The fraction of sp³-hybridized carbons (Fsp3) is 0.321. The van der Waals surface area contributed by atoms with Crippen LogP contribution < -0.4 is 10.2 Å². The van der Waals surface area contributed by atoms with E-state index in [2.05, 4.69) is 12.7 Å². The molecule has 6 nitrogen and oxygen atoms in total. The van der Waals surface area contributed by atoms with Crippen LogP contribution in [0.1, 0.15) is 52.2 Å². The molecular weight excluding hydrogens is 432 g/mol. The molecule has 1 aliphatic heterocycles. The quantitative estimate of drug-likeness (QED) is 0.232. The molecule has 0 radical (unpaired) electrons. The van der Waals surface area contributed by atoms with Gasteiger partial charge in [0.2, 0.25) is 11.2 Å². The van der Waals surface area contributed by atoms with Gasteiger partial charge in [-0.3, -0.25) is 4.79 Å². The predicted octanol–water partition coefficient (Wildman–Crippen LogP) is 6.34. The standard InChI is InChI=1S/C28H30O6/c1-14(2)7-8-16(15(3)4)13-19-25-18(11-12-28(5,6)34-25)23(31)21-22(30)17-9-10-20(29)24(32)27(17)33-26(19)21/h7,9-12,16,29,31-32H,3,8,13H2,1-2,4-6H3. The topological polar surface area (TPSA) is 100 Å². The number of aromatic hydroxyl groups is 3. The van der Waals surface area contributed by atoms with Gasteiger partial charge >= 0.3 is 0 Å². The van der Waals surface area contributed by atoms with Crippen molar-refractivity contribution in [2.24, 2.45) is 5.92 Å². The van der Waals surface area contributed by atoms with Crippen LogP contribution in [0.2, 0.25) is 0 Å². The Kier molecular flexibility index (Phi) is 5.72. The molecule has 2 aromatic carbocycles. The number of hydrogen-bond donors (Lipinski definition) is 3. The molecule has 0 amide bonds. The molecule has 6 heteroatoms. The molecule has 4 rings (SSSR count). The second kappa shape index (κ2) is 8.28. The van der Waals surface area contributed by atoms with Gasteiger partial charge in [-0.2, -0.15) is 0 Å². The Morgan fingerprint density at radius 3 is 2.47 bits per heavy atom. The molecule has 2 heterocycles. The van der Waals surface area contributed by atoms with E-state index in [1.165, 1.54) is 17.7 Å². The van der Waals surface area contributed by atoms with Gasteiger partial charge in [0.05, 0.1) is 10.9 Å². The van der Waals surface area contributed by atoms with Gasteiger partial charge < -0.3 is 24.5 Å². The van der Waals surface area contributed by atoms with Crippen molar-refractivity contribution in [2.75, 3.05) is 0 Å². The number of allylic oxidation sites excluding steroid dienone is 3. The van der Waals surface area contributed by atoms with E-state index in [1.807, 2.05) is 40.7 Å². The first-order valence-corrected chi connectivity index (χ1v) is 11.3. The van der Waals surface area contributed by atoms with Crippen LogP contribution in [0.15, 0.2) is 51.2 Å². The van der Waals surface area contributed by atoms with Crippen molar-refractivity contribution >= 4 is 28.0 Å².